The van der Waals surface area contributed by atoms with Crippen LogP contribution in [0.25, 0.3) is 0 Å². The van der Waals surface area contributed by atoms with Crippen molar-refractivity contribution in [1.29, 1.82) is 0 Å². The first-order valence-corrected chi connectivity index (χ1v) is 3.19. The molecular formula is C6H14N2O. The number of rotatable bonds is 3. The fraction of sp³-hybridized carbons (Fsp3) is 1.00. The number of likely N-dealkylation sites (N-methyl/N-ethyl adjacent to an activating group) is 1. The van der Waals surface area contributed by atoms with Crippen LogP contribution in [0.3, 0.4) is 0 Å². The monoisotopic (exact) mass is 130 g/mol. The predicted molar refractivity (Wildman–Crippen MR) is 35.8 cm³/mol. The molecule has 3 heteroatoms. The summed E-state index contributed by atoms with van der Waals surface area (Å²) < 4.78 is 5.24. The van der Waals surface area contributed by atoms with E-state index in [9.17, 15) is 0 Å². The van der Waals surface area contributed by atoms with Gasteiger partial charge >= 0.3 is 0 Å². The summed E-state index contributed by atoms with van der Waals surface area (Å²) in [6, 6.07) is 0. The van der Waals surface area contributed by atoms with Gasteiger partial charge in [-0.1, -0.05) is 0 Å². The zero-order valence-electron chi connectivity index (χ0n) is 6.05. The second-order valence-electron chi connectivity index (χ2n) is 2.80. The van der Waals surface area contributed by atoms with Crippen LogP contribution in [0, 0.1) is 0 Å². The number of ether oxygens (including phenoxy) is 1. The van der Waals surface area contributed by atoms with Gasteiger partial charge in [0.2, 0.25) is 0 Å². The fourth-order valence-electron chi connectivity index (χ4n) is 1.02. The molecule has 1 saturated carbocycles. The van der Waals surface area contributed by atoms with Gasteiger partial charge in [-0.15, -0.1) is 0 Å². The van der Waals surface area contributed by atoms with Gasteiger partial charge in [0.05, 0.1) is 5.60 Å². The lowest BCUT2D eigenvalue weighted by molar-refractivity contribution is 0.0508. The Bertz CT molecular complexity index is 99.2. The van der Waals surface area contributed by atoms with E-state index in [0.717, 1.165) is 19.4 Å². The molecule has 0 spiro atoms. The van der Waals surface area contributed by atoms with Gasteiger partial charge in [0.15, 0.2) is 0 Å². The molecular weight excluding hydrogens is 116 g/mol. The van der Waals surface area contributed by atoms with Crippen molar-refractivity contribution in [2.24, 2.45) is 5.84 Å². The molecule has 0 amide bonds. The Morgan fingerprint density at radius 3 is 2.33 bits per heavy atom. The van der Waals surface area contributed by atoms with E-state index in [1.807, 2.05) is 7.05 Å². The zero-order valence-corrected chi connectivity index (χ0v) is 6.05. The third kappa shape index (κ3) is 1.64. The Hall–Kier alpha value is -0.120. The summed E-state index contributed by atoms with van der Waals surface area (Å²) in [6.07, 6.45) is 2.32. The van der Waals surface area contributed by atoms with Gasteiger partial charge < -0.3 is 4.74 Å². The number of hydrogen-bond acceptors (Lipinski definition) is 3. The van der Waals surface area contributed by atoms with Crippen LogP contribution in [-0.4, -0.2) is 31.3 Å². The van der Waals surface area contributed by atoms with E-state index in [-0.39, 0.29) is 5.60 Å². The van der Waals surface area contributed by atoms with Crippen molar-refractivity contribution < 1.29 is 4.74 Å². The van der Waals surface area contributed by atoms with Crippen molar-refractivity contribution in [3.8, 4) is 0 Å². The summed E-state index contributed by atoms with van der Waals surface area (Å²) >= 11 is 0. The Labute approximate surface area is 55.7 Å². The molecule has 0 atom stereocenters. The van der Waals surface area contributed by atoms with Crippen molar-refractivity contribution in [1.82, 2.24) is 5.01 Å². The van der Waals surface area contributed by atoms with Crippen LogP contribution in [0.1, 0.15) is 12.8 Å². The molecule has 0 unspecified atom stereocenters. The number of hydrazine groups is 1. The molecule has 0 aromatic carbocycles. The first-order chi connectivity index (χ1) is 4.18. The van der Waals surface area contributed by atoms with Gasteiger partial charge in [0.25, 0.3) is 0 Å². The van der Waals surface area contributed by atoms with Crippen molar-refractivity contribution in [2.75, 3.05) is 20.7 Å². The molecule has 1 aliphatic rings. The van der Waals surface area contributed by atoms with Crippen molar-refractivity contribution in [3.05, 3.63) is 0 Å². The maximum atomic E-state index is 5.45. The quantitative estimate of drug-likeness (QED) is 0.430. The summed E-state index contributed by atoms with van der Waals surface area (Å²) in [5.74, 6) is 5.45. The summed E-state index contributed by atoms with van der Waals surface area (Å²) in [5.41, 5.74) is 0.115. The highest BCUT2D eigenvalue weighted by Crippen LogP contribution is 2.38. The Kier molecular flexibility index (Phi) is 1.75. The molecule has 0 aromatic rings. The normalized spacial score (nSPS) is 22.7. The molecule has 1 rings (SSSR count). The van der Waals surface area contributed by atoms with Crippen LogP contribution in [0.15, 0.2) is 0 Å². The lowest BCUT2D eigenvalue weighted by Gasteiger charge is -2.17. The molecule has 0 saturated heterocycles. The lowest BCUT2D eigenvalue weighted by atomic mass is 10.3. The predicted octanol–water partition coefficient (Wildman–Crippen LogP) is -0.0291. The van der Waals surface area contributed by atoms with Crippen LogP contribution in [0.4, 0.5) is 0 Å². The Balaban J connectivity index is 2.25. The van der Waals surface area contributed by atoms with Crippen molar-refractivity contribution in [2.45, 2.75) is 18.4 Å². The van der Waals surface area contributed by atoms with Crippen LogP contribution >= 0.6 is 0 Å². The molecule has 0 heterocycles. The zero-order chi connectivity index (χ0) is 6.91. The van der Waals surface area contributed by atoms with E-state index in [1.54, 1.807) is 12.1 Å². The first kappa shape index (κ1) is 6.99. The maximum absolute atomic E-state index is 5.45. The lowest BCUT2D eigenvalue weighted by Crippen LogP contribution is -2.36. The molecule has 2 N–H and O–H groups in total. The molecule has 1 fully saturated rings. The second kappa shape index (κ2) is 2.25. The second-order valence-corrected chi connectivity index (χ2v) is 2.80. The van der Waals surface area contributed by atoms with E-state index in [2.05, 4.69) is 0 Å². The van der Waals surface area contributed by atoms with Gasteiger partial charge in [-0.3, -0.25) is 5.84 Å². The van der Waals surface area contributed by atoms with E-state index in [4.69, 9.17) is 10.6 Å². The number of nitrogens with zero attached hydrogens (tertiary/aromatic N) is 1. The maximum Gasteiger partial charge on any atom is 0.0821 e. The Morgan fingerprint density at radius 1 is 1.67 bits per heavy atom. The summed E-state index contributed by atoms with van der Waals surface area (Å²) in [6.45, 7) is 0.851. The molecule has 9 heavy (non-hydrogen) atoms. The number of nitrogens with two attached hydrogens (primary N) is 1. The highest BCUT2D eigenvalue weighted by atomic mass is 16.5. The average Bonchev–Trinajstić information content (AvgIpc) is 2.48. The molecule has 54 valence electrons. The highest BCUT2D eigenvalue weighted by Gasteiger charge is 2.43. The van der Waals surface area contributed by atoms with Gasteiger partial charge in [-0.2, -0.15) is 0 Å². The highest BCUT2D eigenvalue weighted by molar-refractivity contribution is 4.96. The van der Waals surface area contributed by atoms with Crippen LogP contribution in [0.2, 0.25) is 0 Å². The summed E-state index contributed by atoms with van der Waals surface area (Å²) in [7, 11) is 3.61. The van der Waals surface area contributed by atoms with Gasteiger partial charge in [-0.05, 0) is 12.8 Å². The first-order valence-electron chi connectivity index (χ1n) is 3.19. The fourth-order valence-corrected chi connectivity index (χ4v) is 1.02. The summed E-state index contributed by atoms with van der Waals surface area (Å²) in [4.78, 5) is 0. The van der Waals surface area contributed by atoms with Gasteiger partial charge in [0.1, 0.15) is 0 Å². The smallest absolute Gasteiger partial charge is 0.0821 e. The molecule has 0 aromatic heterocycles. The van der Waals surface area contributed by atoms with Crippen molar-refractivity contribution >= 4 is 0 Å². The Morgan fingerprint density at radius 2 is 2.22 bits per heavy atom. The topological polar surface area (TPSA) is 38.5 Å². The van der Waals surface area contributed by atoms with Crippen LogP contribution in [-0.2, 0) is 4.74 Å². The summed E-state index contributed by atoms with van der Waals surface area (Å²) in [5, 5.41) is 1.68. The minimum Gasteiger partial charge on any atom is -0.377 e. The van der Waals surface area contributed by atoms with Gasteiger partial charge in [0, 0.05) is 20.7 Å². The number of methoxy groups -OCH3 is 1. The van der Waals surface area contributed by atoms with E-state index in [1.165, 1.54) is 0 Å². The van der Waals surface area contributed by atoms with Crippen molar-refractivity contribution in [3.63, 3.8) is 0 Å². The standard InChI is InChI=1S/C6H14N2O/c1-8(7)5-6(9-2)3-4-6/h3-5,7H2,1-2H3. The molecule has 0 radical (unpaired) electrons. The van der Waals surface area contributed by atoms with E-state index < -0.39 is 0 Å². The third-order valence-electron chi connectivity index (χ3n) is 1.78. The molecule has 1 aliphatic carbocycles. The molecule has 3 nitrogen and oxygen atoms in total. The molecule has 0 bridgehead atoms. The third-order valence-corrected chi connectivity index (χ3v) is 1.78. The van der Waals surface area contributed by atoms with Gasteiger partial charge in [-0.25, -0.2) is 5.01 Å². The minimum absolute atomic E-state index is 0.115. The minimum atomic E-state index is 0.115. The van der Waals surface area contributed by atoms with E-state index >= 15 is 0 Å². The molecule has 0 aliphatic heterocycles. The van der Waals surface area contributed by atoms with E-state index in [0.29, 0.717) is 0 Å². The SMILES string of the molecule is COC1(CN(C)N)CC1. The average molecular weight is 130 g/mol. The largest absolute Gasteiger partial charge is 0.377 e. The van der Waals surface area contributed by atoms with Crippen LogP contribution in [0.5, 0.6) is 0 Å². The van der Waals surface area contributed by atoms with Crippen LogP contribution < -0.4 is 5.84 Å². The number of hydrogen-bond donors (Lipinski definition) is 1.